The molecule has 0 atom stereocenters. The van der Waals surface area contributed by atoms with Crippen molar-refractivity contribution in [3.63, 3.8) is 0 Å². The normalized spacial score (nSPS) is 10.6. The van der Waals surface area contributed by atoms with Gasteiger partial charge in [0, 0.05) is 18.3 Å². The number of hydrogen-bond acceptors (Lipinski definition) is 2. The lowest BCUT2D eigenvalue weighted by Gasteiger charge is -2.11. The Balaban J connectivity index is 2.13. The summed E-state index contributed by atoms with van der Waals surface area (Å²) < 4.78 is 7.11. The highest BCUT2D eigenvalue weighted by atomic mass is 16.5. The number of nitrogens with zero attached hydrogens (tertiary/aromatic N) is 2. The molecular formula is C26H28N2O2. The lowest BCUT2D eigenvalue weighted by molar-refractivity contribution is 0.0516. The van der Waals surface area contributed by atoms with Crippen molar-refractivity contribution in [3.8, 4) is 22.3 Å². The van der Waals surface area contributed by atoms with E-state index in [1.165, 1.54) is 11.1 Å². The molecule has 1 heterocycles. The van der Waals surface area contributed by atoms with Crippen LogP contribution in [0.2, 0.25) is 0 Å². The molecular weight excluding hydrogens is 372 g/mol. The zero-order valence-electron chi connectivity index (χ0n) is 18.2. The van der Waals surface area contributed by atoms with Crippen molar-refractivity contribution < 1.29 is 9.53 Å². The molecule has 3 rings (SSSR count). The number of aromatic nitrogens is 1. The predicted molar refractivity (Wildman–Crippen MR) is 122 cm³/mol. The van der Waals surface area contributed by atoms with Gasteiger partial charge in [0.2, 0.25) is 5.69 Å². The van der Waals surface area contributed by atoms with E-state index in [0.717, 1.165) is 29.7 Å². The smallest absolute Gasteiger partial charge is 0.354 e. The minimum atomic E-state index is -0.392. The minimum absolute atomic E-state index is 0.297. The molecule has 0 aliphatic carbocycles. The number of hydrogen-bond donors (Lipinski definition) is 0. The summed E-state index contributed by atoms with van der Waals surface area (Å²) in [5.41, 5.74) is 7.03. The van der Waals surface area contributed by atoms with E-state index in [1.807, 2.05) is 30.7 Å². The van der Waals surface area contributed by atoms with Crippen molar-refractivity contribution in [2.75, 3.05) is 6.61 Å². The highest BCUT2D eigenvalue weighted by Gasteiger charge is 2.26. The second-order valence-electron chi connectivity index (χ2n) is 7.25. The zero-order chi connectivity index (χ0) is 21.7. The van der Waals surface area contributed by atoms with E-state index < -0.39 is 5.97 Å². The summed E-state index contributed by atoms with van der Waals surface area (Å²) in [6, 6.07) is 16.6. The maximum absolute atomic E-state index is 12.7. The van der Waals surface area contributed by atoms with Gasteiger partial charge in [0.15, 0.2) is 0 Å². The summed E-state index contributed by atoms with van der Waals surface area (Å²) in [6.07, 6.45) is 2.80. The van der Waals surface area contributed by atoms with Gasteiger partial charge in [-0.15, -0.1) is 0 Å². The molecule has 0 unspecified atom stereocenters. The van der Waals surface area contributed by atoms with Crippen LogP contribution >= 0.6 is 0 Å². The third kappa shape index (κ3) is 3.89. The van der Waals surface area contributed by atoms with Crippen LogP contribution < -0.4 is 0 Å². The third-order valence-electron chi connectivity index (χ3n) is 5.42. The van der Waals surface area contributed by atoms with E-state index in [0.29, 0.717) is 30.0 Å². The SMILES string of the molecule is [C-]#[N+]c1c(-c2ccc(-c3ccccc3CCC)cc2)c(C(=O)OCC)n(C)c1CC. The molecule has 0 aliphatic rings. The van der Waals surface area contributed by atoms with E-state index in [-0.39, 0.29) is 0 Å². The van der Waals surface area contributed by atoms with Gasteiger partial charge in [-0.05, 0) is 42.0 Å². The molecule has 2 aromatic carbocycles. The fourth-order valence-electron chi connectivity index (χ4n) is 4.06. The van der Waals surface area contributed by atoms with Gasteiger partial charge in [-0.3, -0.25) is 0 Å². The quantitative estimate of drug-likeness (QED) is 0.331. The summed E-state index contributed by atoms with van der Waals surface area (Å²) in [7, 11) is 1.83. The average Bonchev–Trinajstić information content (AvgIpc) is 3.06. The number of rotatable bonds is 7. The van der Waals surface area contributed by atoms with E-state index in [4.69, 9.17) is 11.3 Å². The summed E-state index contributed by atoms with van der Waals surface area (Å²) in [6.45, 7) is 14.0. The average molecular weight is 401 g/mol. The molecule has 0 fully saturated rings. The van der Waals surface area contributed by atoms with E-state index in [9.17, 15) is 4.79 Å². The molecule has 0 spiro atoms. The first-order valence-corrected chi connectivity index (χ1v) is 10.5. The second-order valence-corrected chi connectivity index (χ2v) is 7.25. The Kier molecular flexibility index (Phi) is 6.74. The first-order chi connectivity index (χ1) is 14.6. The van der Waals surface area contributed by atoms with Crippen LogP contribution in [-0.2, 0) is 24.6 Å². The lowest BCUT2D eigenvalue weighted by atomic mass is 9.94. The standard InChI is InChI=1S/C26H28N2O2/c1-6-11-18-12-9-10-13-21(18)19-14-16-20(17-15-19)23-24(27-4)22(7-2)28(5)25(23)26(29)30-8-3/h9-10,12-17H,6-8,11H2,1-3,5H3. The maximum Gasteiger partial charge on any atom is 0.354 e. The molecule has 0 amide bonds. The van der Waals surface area contributed by atoms with Crippen molar-refractivity contribution in [1.29, 1.82) is 0 Å². The van der Waals surface area contributed by atoms with Crippen molar-refractivity contribution >= 4 is 11.7 Å². The topological polar surface area (TPSA) is 35.6 Å². The Morgan fingerprint density at radius 1 is 1.03 bits per heavy atom. The van der Waals surface area contributed by atoms with Crippen LogP contribution in [0.5, 0.6) is 0 Å². The predicted octanol–water partition coefficient (Wildman–Crippen LogP) is 6.60. The molecule has 0 saturated carbocycles. The molecule has 0 saturated heterocycles. The van der Waals surface area contributed by atoms with Gasteiger partial charge in [-0.2, -0.15) is 0 Å². The third-order valence-corrected chi connectivity index (χ3v) is 5.42. The summed E-state index contributed by atoms with van der Waals surface area (Å²) in [5, 5.41) is 0. The van der Waals surface area contributed by atoms with Gasteiger partial charge in [0.1, 0.15) is 5.69 Å². The fourth-order valence-corrected chi connectivity index (χ4v) is 4.06. The molecule has 0 N–H and O–H groups in total. The molecule has 30 heavy (non-hydrogen) atoms. The molecule has 0 radical (unpaired) electrons. The van der Waals surface area contributed by atoms with Gasteiger partial charge < -0.3 is 9.30 Å². The Hall–Kier alpha value is -3.32. The number of carbonyl (C=O) groups is 1. The second kappa shape index (κ2) is 9.45. The van der Waals surface area contributed by atoms with Crippen molar-refractivity contribution in [2.45, 2.75) is 40.0 Å². The Morgan fingerprint density at radius 3 is 2.30 bits per heavy atom. The first-order valence-electron chi connectivity index (χ1n) is 10.5. The van der Waals surface area contributed by atoms with Gasteiger partial charge in [-0.1, -0.05) is 68.8 Å². The van der Waals surface area contributed by atoms with Gasteiger partial charge in [-0.25, -0.2) is 9.64 Å². The van der Waals surface area contributed by atoms with E-state index >= 15 is 0 Å². The highest BCUT2D eigenvalue weighted by molar-refractivity contribution is 6.01. The van der Waals surface area contributed by atoms with Crippen LogP contribution in [0.1, 0.15) is 48.9 Å². The summed E-state index contributed by atoms with van der Waals surface area (Å²) >= 11 is 0. The monoisotopic (exact) mass is 400 g/mol. The molecule has 0 bridgehead atoms. The van der Waals surface area contributed by atoms with Crippen LogP contribution in [0.15, 0.2) is 48.5 Å². The molecule has 3 aromatic rings. The molecule has 154 valence electrons. The van der Waals surface area contributed by atoms with Crippen molar-refractivity contribution in [2.24, 2.45) is 7.05 Å². The molecule has 4 heteroatoms. The molecule has 1 aromatic heterocycles. The van der Waals surface area contributed by atoms with Gasteiger partial charge >= 0.3 is 5.97 Å². The number of benzene rings is 2. The van der Waals surface area contributed by atoms with Crippen LogP contribution in [0, 0.1) is 6.57 Å². The van der Waals surface area contributed by atoms with Crippen LogP contribution in [-0.4, -0.2) is 17.1 Å². The van der Waals surface area contributed by atoms with E-state index in [1.54, 1.807) is 6.92 Å². The number of carbonyl (C=O) groups excluding carboxylic acids is 1. The highest BCUT2D eigenvalue weighted by Crippen LogP contribution is 2.40. The summed E-state index contributed by atoms with van der Waals surface area (Å²) in [5.74, 6) is -0.392. The number of aryl methyl sites for hydroxylation is 1. The van der Waals surface area contributed by atoms with Crippen molar-refractivity contribution in [3.05, 3.63) is 76.9 Å². The minimum Gasteiger partial charge on any atom is -0.461 e. The Bertz CT molecular complexity index is 1090. The lowest BCUT2D eigenvalue weighted by Crippen LogP contribution is -2.12. The van der Waals surface area contributed by atoms with Gasteiger partial charge in [0.25, 0.3) is 0 Å². The fraction of sp³-hybridized carbons (Fsp3) is 0.308. The maximum atomic E-state index is 12.7. The number of ether oxygens (including phenoxy) is 1. The first kappa shape index (κ1) is 21.4. The number of esters is 1. The van der Waals surface area contributed by atoms with Crippen molar-refractivity contribution in [1.82, 2.24) is 4.57 Å². The van der Waals surface area contributed by atoms with Crippen LogP contribution in [0.4, 0.5) is 5.69 Å². The molecule has 4 nitrogen and oxygen atoms in total. The van der Waals surface area contributed by atoms with Crippen LogP contribution in [0.25, 0.3) is 27.1 Å². The molecule has 0 aliphatic heterocycles. The Labute approximate surface area is 178 Å². The van der Waals surface area contributed by atoms with E-state index in [2.05, 4.69) is 48.2 Å². The summed E-state index contributed by atoms with van der Waals surface area (Å²) in [4.78, 5) is 16.5. The largest absolute Gasteiger partial charge is 0.461 e. The van der Waals surface area contributed by atoms with Gasteiger partial charge in [0.05, 0.1) is 13.2 Å². The zero-order valence-corrected chi connectivity index (χ0v) is 18.2. The Morgan fingerprint density at radius 2 is 1.70 bits per heavy atom. The van der Waals surface area contributed by atoms with Crippen LogP contribution in [0.3, 0.4) is 0 Å².